The SMILES string of the molecule is CC1OB(c2ccc(C=O)cc2)OC2CC12. The van der Waals surface area contributed by atoms with Crippen molar-refractivity contribution in [1.29, 1.82) is 0 Å². The Kier molecular flexibility index (Phi) is 2.34. The van der Waals surface area contributed by atoms with E-state index in [0.717, 1.165) is 18.2 Å². The van der Waals surface area contributed by atoms with E-state index in [1.165, 1.54) is 0 Å². The molecule has 1 aliphatic heterocycles. The zero-order chi connectivity index (χ0) is 11.1. The monoisotopic (exact) mass is 216 g/mol. The lowest BCUT2D eigenvalue weighted by Gasteiger charge is -2.25. The van der Waals surface area contributed by atoms with Crippen LogP contribution in [-0.4, -0.2) is 25.6 Å². The molecule has 0 bridgehead atoms. The topological polar surface area (TPSA) is 35.5 Å². The summed E-state index contributed by atoms with van der Waals surface area (Å²) in [5.41, 5.74) is 1.67. The number of carbonyl (C=O) groups excluding carboxylic acids is 1. The molecule has 4 heteroatoms. The van der Waals surface area contributed by atoms with Crippen molar-refractivity contribution in [3.8, 4) is 0 Å². The number of fused-ring (bicyclic) bond motifs is 1. The minimum absolute atomic E-state index is 0.264. The summed E-state index contributed by atoms with van der Waals surface area (Å²) in [4.78, 5) is 10.5. The van der Waals surface area contributed by atoms with E-state index in [1.54, 1.807) is 12.1 Å². The van der Waals surface area contributed by atoms with Gasteiger partial charge in [-0.2, -0.15) is 0 Å². The summed E-state index contributed by atoms with van der Waals surface area (Å²) >= 11 is 0. The third kappa shape index (κ3) is 1.68. The molecule has 3 unspecified atom stereocenters. The van der Waals surface area contributed by atoms with E-state index in [4.69, 9.17) is 9.31 Å². The van der Waals surface area contributed by atoms with Crippen LogP contribution in [0.5, 0.6) is 0 Å². The molecule has 1 saturated carbocycles. The van der Waals surface area contributed by atoms with Gasteiger partial charge in [-0.3, -0.25) is 4.79 Å². The summed E-state index contributed by atoms with van der Waals surface area (Å²) in [6.07, 6.45) is 2.60. The van der Waals surface area contributed by atoms with Gasteiger partial charge in [0.15, 0.2) is 0 Å². The Labute approximate surface area is 94.9 Å². The number of carbonyl (C=O) groups is 1. The molecule has 82 valence electrons. The fourth-order valence-corrected chi connectivity index (χ4v) is 2.22. The van der Waals surface area contributed by atoms with Gasteiger partial charge in [-0.25, -0.2) is 0 Å². The molecule has 16 heavy (non-hydrogen) atoms. The summed E-state index contributed by atoms with van der Waals surface area (Å²) in [7, 11) is -0.264. The van der Waals surface area contributed by atoms with Gasteiger partial charge in [0.25, 0.3) is 0 Å². The quantitative estimate of drug-likeness (QED) is 0.546. The zero-order valence-electron chi connectivity index (χ0n) is 9.13. The van der Waals surface area contributed by atoms with Gasteiger partial charge in [-0.1, -0.05) is 24.3 Å². The first-order valence-electron chi connectivity index (χ1n) is 5.64. The van der Waals surface area contributed by atoms with Crippen LogP contribution < -0.4 is 5.46 Å². The molecular weight excluding hydrogens is 203 g/mol. The van der Waals surface area contributed by atoms with Crippen molar-refractivity contribution in [2.45, 2.75) is 25.6 Å². The first-order chi connectivity index (χ1) is 7.78. The largest absolute Gasteiger partial charge is 0.494 e. The van der Waals surface area contributed by atoms with E-state index in [0.29, 0.717) is 17.6 Å². The maximum atomic E-state index is 10.5. The summed E-state index contributed by atoms with van der Waals surface area (Å²) in [5, 5.41) is 0. The molecule has 1 aromatic rings. The molecule has 1 heterocycles. The lowest BCUT2D eigenvalue weighted by molar-refractivity contribution is 0.0783. The van der Waals surface area contributed by atoms with Crippen LogP contribution in [0.3, 0.4) is 0 Å². The van der Waals surface area contributed by atoms with Crippen LogP contribution >= 0.6 is 0 Å². The molecule has 1 saturated heterocycles. The van der Waals surface area contributed by atoms with Gasteiger partial charge in [0.2, 0.25) is 0 Å². The predicted molar refractivity (Wildman–Crippen MR) is 60.7 cm³/mol. The highest BCUT2D eigenvalue weighted by atomic mass is 16.6. The second-order valence-electron chi connectivity index (χ2n) is 4.53. The van der Waals surface area contributed by atoms with Crippen LogP contribution in [0.1, 0.15) is 23.7 Å². The predicted octanol–water partition coefficient (Wildman–Crippen LogP) is 1.02. The van der Waals surface area contributed by atoms with E-state index < -0.39 is 0 Å². The Hall–Kier alpha value is -1.13. The van der Waals surface area contributed by atoms with Crippen molar-refractivity contribution < 1.29 is 14.1 Å². The molecule has 0 N–H and O–H groups in total. The highest BCUT2D eigenvalue weighted by Gasteiger charge is 2.50. The molecule has 3 atom stereocenters. The third-order valence-electron chi connectivity index (χ3n) is 3.36. The Balaban J connectivity index is 1.78. The summed E-state index contributed by atoms with van der Waals surface area (Å²) in [6, 6.07) is 7.37. The maximum Gasteiger partial charge on any atom is 0.494 e. The summed E-state index contributed by atoms with van der Waals surface area (Å²) in [5.74, 6) is 0.588. The first-order valence-corrected chi connectivity index (χ1v) is 5.64. The second kappa shape index (κ2) is 3.72. The van der Waals surface area contributed by atoms with Gasteiger partial charge in [0.05, 0.1) is 0 Å². The van der Waals surface area contributed by atoms with Crippen LogP contribution in [0, 0.1) is 5.92 Å². The van der Waals surface area contributed by atoms with Crippen molar-refractivity contribution in [1.82, 2.24) is 0 Å². The summed E-state index contributed by atoms with van der Waals surface area (Å²) in [6.45, 7) is 2.10. The molecule has 3 rings (SSSR count). The molecule has 2 fully saturated rings. The van der Waals surface area contributed by atoms with E-state index in [9.17, 15) is 4.79 Å². The number of hydrogen-bond donors (Lipinski definition) is 0. The average Bonchev–Trinajstić information content (AvgIpc) is 3.09. The van der Waals surface area contributed by atoms with Crippen LogP contribution in [0.25, 0.3) is 0 Å². The third-order valence-corrected chi connectivity index (χ3v) is 3.36. The Morgan fingerprint density at radius 1 is 1.31 bits per heavy atom. The van der Waals surface area contributed by atoms with E-state index in [1.807, 2.05) is 12.1 Å². The molecule has 1 aromatic carbocycles. The molecule has 2 aliphatic rings. The van der Waals surface area contributed by atoms with Crippen molar-refractivity contribution in [3.05, 3.63) is 29.8 Å². The van der Waals surface area contributed by atoms with Crippen molar-refractivity contribution >= 4 is 18.9 Å². The van der Waals surface area contributed by atoms with Gasteiger partial charge >= 0.3 is 7.12 Å². The van der Waals surface area contributed by atoms with Gasteiger partial charge in [-0.15, -0.1) is 0 Å². The Morgan fingerprint density at radius 2 is 2.06 bits per heavy atom. The Morgan fingerprint density at radius 3 is 2.69 bits per heavy atom. The highest BCUT2D eigenvalue weighted by molar-refractivity contribution is 6.61. The lowest BCUT2D eigenvalue weighted by Crippen LogP contribution is -2.44. The molecule has 0 amide bonds. The van der Waals surface area contributed by atoms with E-state index >= 15 is 0 Å². The van der Waals surface area contributed by atoms with Crippen LogP contribution in [-0.2, 0) is 9.31 Å². The minimum Gasteiger partial charge on any atom is -0.404 e. The molecular formula is C12H13BO3. The smallest absolute Gasteiger partial charge is 0.404 e. The van der Waals surface area contributed by atoms with E-state index in [-0.39, 0.29) is 13.2 Å². The van der Waals surface area contributed by atoms with E-state index in [2.05, 4.69) is 6.92 Å². The number of aldehydes is 1. The number of rotatable bonds is 2. The standard InChI is InChI=1S/C12H13BO3/c1-8-11-6-12(11)16-13(15-8)10-4-2-9(7-14)3-5-10/h2-5,7-8,11-12H,6H2,1H3. The molecule has 0 spiro atoms. The van der Waals surface area contributed by atoms with Crippen molar-refractivity contribution in [2.24, 2.45) is 5.92 Å². The van der Waals surface area contributed by atoms with Gasteiger partial charge in [-0.05, 0) is 18.8 Å². The van der Waals surface area contributed by atoms with Gasteiger partial charge in [0.1, 0.15) is 6.29 Å². The first kappa shape index (κ1) is 10.1. The van der Waals surface area contributed by atoms with Crippen LogP contribution in [0.4, 0.5) is 0 Å². The molecule has 0 radical (unpaired) electrons. The molecule has 3 nitrogen and oxygen atoms in total. The number of hydrogen-bond acceptors (Lipinski definition) is 3. The lowest BCUT2D eigenvalue weighted by atomic mass is 9.77. The number of benzene rings is 1. The minimum atomic E-state index is -0.264. The van der Waals surface area contributed by atoms with Crippen molar-refractivity contribution in [3.63, 3.8) is 0 Å². The Bertz CT molecular complexity index is 403. The van der Waals surface area contributed by atoms with Gasteiger partial charge in [0, 0.05) is 23.7 Å². The second-order valence-corrected chi connectivity index (χ2v) is 4.53. The molecule has 1 aliphatic carbocycles. The van der Waals surface area contributed by atoms with Crippen LogP contribution in [0.15, 0.2) is 24.3 Å². The zero-order valence-corrected chi connectivity index (χ0v) is 9.13. The summed E-state index contributed by atoms with van der Waals surface area (Å²) < 4.78 is 11.6. The fraction of sp³-hybridized carbons (Fsp3) is 0.417. The average molecular weight is 216 g/mol. The van der Waals surface area contributed by atoms with Crippen molar-refractivity contribution in [2.75, 3.05) is 0 Å². The fourth-order valence-electron chi connectivity index (χ4n) is 2.22. The maximum absolute atomic E-state index is 10.5. The highest BCUT2D eigenvalue weighted by Crippen LogP contribution is 2.41. The normalized spacial score (nSPS) is 32.1. The van der Waals surface area contributed by atoms with Gasteiger partial charge < -0.3 is 9.31 Å². The van der Waals surface area contributed by atoms with Crippen LogP contribution in [0.2, 0.25) is 0 Å². The molecule has 0 aromatic heterocycles.